The monoisotopic (exact) mass is 327 g/mol. The Morgan fingerprint density at radius 2 is 2.28 bits per heavy atom. The molecule has 98 valence electrons. The number of halogens is 2. The zero-order chi connectivity index (χ0) is 13.4. The Kier molecular flexibility index (Phi) is 7.42. The average Bonchev–Trinajstić information content (AvgIpc) is 2.37. The van der Waals surface area contributed by atoms with Crippen LogP contribution >= 0.6 is 27.5 Å². The molecule has 1 aromatic rings. The van der Waals surface area contributed by atoms with E-state index in [4.69, 9.17) is 18.0 Å². The number of nitrogens with one attached hydrogen (secondary N) is 1. The van der Waals surface area contributed by atoms with Gasteiger partial charge in [0.15, 0.2) is 0 Å². The van der Waals surface area contributed by atoms with Crippen LogP contribution in [0.15, 0.2) is 22.7 Å². The summed E-state index contributed by atoms with van der Waals surface area (Å²) in [5.41, 5.74) is 1.26. The average molecular weight is 329 g/mol. The summed E-state index contributed by atoms with van der Waals surface area (Å²) in [4.78, 5) is 0. The SMILES string of the molecule is C#CCCCC(NCCC)c1ccc(Cl)c(Br)c1. The van der Waals surface area contributed by atoms with Crippen molar-refractivity contribution >= 4 is 27.5 Å². The highest BCUT2D eigenvalue weighted by molar-refractivity contribution is 9.10. The number of unbranched alkanes of at least 4 members (excludes halogenated alkanes) is 1. The molecule has 18 heavy (non-hydrogen) atoms. The normalized spacial score (nSPS) is 12.1. The Balaban J connectivity index is 2.73. The van der Waals surface area contributed by atoms with Crippen molar-refractivity contribution in [2.45, 2.75) is 38.6 Å². The van der Waals surface area contributed by atoms with E-state index in [1.165, 1.54) is 5.56 Å². The Hall–Kier alpha value is -0.490. The molecule has 1 nitrogen and oxygen atoms in total. The van der Waals surface area contributed by atoms with Crippen molar-refractivity contribution in [1.29, 1.82) is 0 Å². The number of benzene rings is 1. The third-order valence-electron chi connectivity index (χ3n) is 2.80. The van der Waals surface area contributed by atoms with Gasteiger partial charge in [0.05, 0.1) is 5.02 Å². The molecule has 0 spiro atoms. The first-order chi connectivity index (χ1) is 8.69. The Morgan fingerprint density at radius 1 is 1.50 bits per heavy atom. The second kappa shape index (κ2) is 8.58. The van der Waals surface area contributed by atoms with E-state index >= 15 is 0 Å². The van der Waals surface area contributed by atoms with Crippen LogP contribution in [0.3, 0.4) is 0 Å². The van der Waals surface area contributed by atoms with Gasteiger partial charge in [-0.3, -0.25) is 0 Å². The van der Waals surface area contributed by atoms with E-state index in [0.717, 1.165) is 41.7 Å². The minimum Gasteiger partial charge on any atom is -0.310 e. The van der Waals surface area contributed by atoms with Gasteiger partial charge in [-0.2, -0.15) is 0 Å². The number of hydrogen-bond acceptors (Lipinski definition) is 1. The van der Waals surface area contributed by atoms with Gasteiger partial charge in [-0.25, -0.2) is 0 Å². The lowest BCUT2D eigenvalue weighted by Crippen LogP contribution is -2.22. The number of rotatable bonds is 7. The molecular weight excluding hydrogens is 310 g/mol. The zero-order valence-electron chi connectivity index (χ0n) is 10.7. The summed E-state index contributed by atoms with van der Waals surface area (Å²) in [5.74, 6) is 2.69. The molecule has 0 aliphatic carbocycles. The molecule has 1 unspecified atom stereocenters. The van der Waals surface area contributed by atoms with Crippen LogP contribution in [0.2, 0.25) is 5.02 Å². The van der Waals surface area contributed by atoms with Crippen LogP contribution in [-0.4, -0.2) is 6.54 Å². The lowest BCUT2D eigenvalue weighted by molar-refractivity contribution is 0.487. The lowest BCUT2D eigenvalue weighted by atomic mass is 10.0. The third-order valence-corrected chi connectivity index (χ3v) is 4.01. The van der Waals surface area contributed by atoms with Crippen molar-refractivity contribution in [2.24, 2.45) is 0 Å². The van der Waals surface area contributed by atoms with Crippen LogP contribution in [0.5, 0.6) is 0 Å². The molecule has 0 amide bonds. The highest BCUT2D eigenvalue weighted by Gasteiger charge is 2.11. The Morgan fingerprint density at radius 3 is 2.89 bits per heavy atom. The molecule has 3 heteroatoms. The van der Waals surface area contributed by atoms with Gasteiger partial charge in [0, 0.05) is 16.9 Å². The van der Waals surface area contributed by atoms with Crippen molar-refractivity contribution in [3.63, 3.8) is 0 Å². The van der Waals surface area contributed by atoms with Gasteiger partial charge in [0.2, 0.25) is 0 Å². The third kappa shape index (κ3) is 5.02. The standard InChI is InChI=1S/C15H19BrClN/c1-3-5-6-7-15(18-10-4-2)12-8-9-14(17)13(16)11-12/h1,8-9,11,15,18H,4-7,10H2,2H3. The number of hydrogen-bond donors (Lipinski definition) is 1. The van der Waals surface area contributed by atoms with Crippen molar-refractivity contribution in [3.05, 3.63) is 33.3 Å². The largest absolute Gasteiger partial charge is 0.310 e. The smallest absolute Gasteiger partial charge is 0.0548 e. The quantitative estimate of drug-likeness (QED) is 0.552. The summed E-state index contributed by atoms with van der Waals surface area (Å²) in [7, 11) is 0. The van der Waals surface area contributed by atoms with Crippen molar-refractivity contribution < 1.29 is 0 Å². The van der Waals surface area contributed by atoms with E-state index < -0.39 is 0 Å². The van der Waals surface area contributed by atoms with Gasteiger partial charge in [-0.05, 0) is 59.4 Å². The summed E-state index contributed by atoms with van der Waals surface area (Å²) < 4.78 is 0.946. The molecule has 0 aromatic heterocycles. The van der Waals surface area contributed by atoms with Crippen molar-refractivity contribution in [2.75, 3.05) is 6.54 Å². The first kappa shape index (κ1) is 15.6. The molecule has 0 saturated carbocycles. The fourth-order valence-electron chi connectivity index (χ4n) is 1.84. The minimum absolute atomic E-state index is 0.354. The van der Waals surface area contributed by atoms with E-state index in [9.17, 15) is 0 Å². The van der Waals surface area contributed by atoms with E-state index in [0.29, 0.717) is 6.04 Å². The van der Waals surface area contributed by atoms with E-state index in [1.807, 2.05) is 6.07 Å². The highest BCUT2D eigenvalue weighted by Crippen LogP contribution is 2.28. The lowest BCUT2D eigenvalue weighted by Gasteiger charge is -2.19. The molecule has 0 bridgehead atoms. The van der Waals surface area contributed by atoms with Crippen LogP contribution in [0.25, 0.3) is 0 Å². The Bertz CT molecular complexity index is 411. The maximum atomic E-state index is 6.02. The van der Waals surface area contributed by atoms with Gasteiger partial charge in [-0.1, -0.05) is 24.6 Å². The summed E-state index contributed by atoms with van der Waals surface area (Å²) in [6.07, 6.45) is 9.35. The van der Waals surface area contributed by atoms with Crippen LogP contribution in [-0.2, 0) is 0 Å². The first-order valence-electron chi connectivity index (χ1n) is 6.30. The molecule has 0 heterocycles. The summed E-state index contributed by atoms with van der Waals surface area (Å²) in [6.45, 7) is 3.18. The zero-order valence-corrected chi connectivity index (χ0v) is 13.0. The van der Waals surface area contributed by atoms with Gasteiger partial charge in [0.25, 0.3) is 0 Å². The molecule has 0 fully saturated rings. The highest BCUT2D eigenvalue weighted by atomic mass is 79.9. The maximum Gasteiger partial charge on any atom is 0.0548 e. The van der Waals surface area contributed by atoms with Crippen molar-refractivity contribution in [1.82, 2.24) is 5.32 Å². The van der Waals surface area contributed by atoms with Gasteiger partial charge < -0.3 is 5.32 Å². The molecular formula is C15H19BrClN. The summed E-state index contributed by atoms with van der Waals surface area (Å²) in [6, 6.07) is 6.46. The predicted octanol–water partition coefficient (Wildman–Crippen LogP) is 4.95. The van der Waals surface area contributed by atoms with Crippen LogP contribution in [0.1, 0.15) is 44.2 Å². The molecule has 0 saturated heterocycles. The van der Waals surface area contributed by atoms with Gasteiger partial charge >= 0.3 is 0 Å². The summed E-state index contributed by atoms with van der Waals surface area (Å²) in [5, 5.41) is 4.31. The molecule has 1 atom stereocenters. The minimum atomic E-state index is 0.354. The Labute approximate surface area is 123 Å². The fraction of sp³-hybridized carbons (Fsp3) is 0.467. The van der Waals surface area contributed by atoms with Crippen molar-refractivity contribution in [3.8, 4) is 12.3 Å². The van der Waals surface area contributed by atoms with E-state index in [-0.39, 0.29) is 0 Å². The maximum absolute atomic E-state index is 6.02. The van der Waals surface area contributed by atoms with Crippen LogP contribution in [0, 0.1) is 12.3 Å². The molecule has 0 aliphatic rings. The molecule has 1 rings (SSSR count). The topological polar surface area (TPSA) is 12.0 Å². The van der Waals surface area contributed by atoms with Gasteiger partial charge in [-0.15, -0.1) is 12.3 Å². The van der Waals surface area contributed by atoms with E-state index in [1.54, 1.807) is 0 Å². The number of terminal acetylenes is 1. The first-order valence-corrected chi connectivity index (χ1v) is 7.48. The molecule has 1 N–H and O–H groups in total. The van der Waals surface area contributed by atoms with Crippen LogP contribution in [0.4, 0.5) is 0 Å². The molecule has 1 aromatic carbocycles. The fourth-order valence-corrected chi connectivity index (χ4v) is 2.36. The molecule has 0 radical (unpaired) electrons. The summed E-state index contributed by atoms with van der Waals surface area (Å²) >= 11 is 9.49. The van der Waals surface area contributed by atoms with Gasteiger partial charge in [0.1, 0.15) is 0 Å². The second-order valence-corrected chi connectivity index (χ2v) is 5.54. The molecule has 0 aliphatic heterocycles. The van der Waals surface area contributed by atoms with Crippen LogP contribution < -0.4 is 5.32 Å². The second-order valence-electron chi connectivity index (χ2n) is 4.28. The van der Waals surface area contributed by atoms with E-state index in [2.05, 4.69) is 46.2 Å². The predicted molar refractivity (Wildman–Crippen MR) is 82.9 cm³/mol.